The van der Waals surface area contributed by atoms with E-state index in [1.165, 1.54) is 42.7 Å². The maximum Gasteiger partial charge on any atom is 0.260 e. The molecule has 23 heavy (non-hydrogen) atoms. The van der Waals surface area contributed by atoms with Gasteiger partial charge in [0.25, 0.3) is 5.91 Å². The summed E-state index contributed by atoms with van der Waals surface area (Å²) in [6, 6.07) is 4.37. The van der Waals surface area contributed by atoms with Crippen LogP contribution >= 0.6 is 27.3 Å². The van der Waals surface area contributed by atoms with Gasteiger partial charge in [-0.2, -0.15) is 0 Å². The number of thiazole rings is 1. The molecule has 0 atom stereocenters. The second kappa shape index (κ2) is 7.51. The Morgan fingerprint density at radius 2 is 2.13 bits per heavy atom. The van der Waals surface area contributed by atoms with Crippen LogP contribution in [-0.4, -0.2) is 28.9 Å². The van der Waals surface area contributed by atoms with Gasteiger partial charge >= 0.3 is 0 Å². The molecule has 1 N–H and O–H groups in total. The average Bonchev–Trinajstić information content (AvgIpc) is 2.95. The SMILES string of the molecule is O=C(Nc1nc(CN2CCCCC2)cs1)c1ccc(Br)cc1F. The number of amides is 1. The molecule has 0 radical (unpaired) electrons. The molecule has 0 unspecified atom stereocenters. The lowest BCUT2D eigenvalue weighted by Gasteiger charge is -2.25. The Labute approximate surface area is 146 Å². The van der Waals surface area contributed by atoms with Crippen molar-refractivity contribution in [3.8, 4) is 0 Å². The number of benzene rings is 1. The first kappa shape index (κ1) is 16.5. The van der Waals surface area contributed by atoms with E-state index in [-0.39, 0.29) is 5.56 Å². The van der Waals surface area contributed by atoms with Crippen molar-refractivity contribution in [1.82, 2.24) is 9.88 Å². The number of rotatable bonds is 4. The van der Waals surface area contributed by atoms with Gasteiger partial charge in [0.2, 0.25) is 0 Å². The Morgan fingerprint density at radius 3 is 2.87 bits per heavy atom. The number of hydrogen-bond acceptors (Lipinski definition) is 4. The summed E-state index contributed by atoms with van der Waals surface area (Å²) >= 11 is 4.54. The monoisotopic (exact) mass is 397 g/mol. The molecule has 3 rings (SSSR count). The maximum atomic E-state index is 13.8. The van der Waals surface area contributed by atoms with Crippen LogP contribution in [0.4, 0.5) is 9.52 Å². The standard InChI is InChI=1S/C16H17BrFN3OS/c17-11-4-5-13(14(18)8-11)15(22)20-16-19-12(10-23-16)9-21-6-2-1-3-7-21/h4-5,8,10H,1-3,6-7,9H2,(H,19,20,22). The van der Waals surface area contributed by atoms with Gasteiger partial charge in [-0.05, 0) is 44.1 Å². The van der Waals surface area contributed by atoms with Crippen LogP contribution in [0, 0.1) is 5.82 Å². The third kappa shape index (κ3) is 4.37. The molecule has 1 aliphatic heterocycles. The van der Waals surface area contributed by atoms with Crippen molar-refractivity contribution >= 4 is 38.3 Å². The van der Waals surface area contributed by atoms with Gasteiger partial charge in [0.1, 0.15) is 5.82 Å². The fourth-order valence-corrected chi connectivity index (χ4v) is 3.65. The normalized spacial score (nSPS) is 15.6. The Hall–Kier alpha value is -1.31. The molecule has 1 aromatic carbocycles. The number of anilines is 1. The van der Waals surface area contributed by atoms with Gasteiger partial charge in [-0.25, -0.2) is 9.37 Å². The van der Waals surface area contributed by atoms with E-state index in [1.54, 1.807) is 6.07 Å². The van der Waals surface area contributed by atoms with Gasteiger partial charge in [-0.3, -0.25) is 15.0 Å². The molecule has 2 heterocycles. The van der Waals surface area contributed by atoms with Crippen LogP contribution in [0.1, 0.15) is 35.3 Å². The summed E-state index contributed by atoms with van der Waals surface area (Å²) in [5, 5.41) is 5.12. The Bertz CT molecular complexity index is 700. The Kier molecular flexibility index (Phi) is 5.40. The van der Waals surface area contributed by atoms with E-state index in [0.29, 0.717) is 9.60 Å². The molecule has 1 aliphatic rings. The zero-order valence-corrected chi connectivity index (χ0v) is 14.9. The van der Waals surface area contributed by atoms with E-state index < -0.39 is 11.7 Å². The largest absolute Gasteiger partial charge is 0.298 e. The van der Waals surface area contributed by atoms with Crippen molar-refractivity contribution in [2.75, 3.05) is 18.4 Å². The highest BCUT2D eigenvalue weighted by Gasteiger charge is 2.15. The van der Waals surface area contributed by atoms with Crippen LogP contribution in [0.25, 0.3) is 0 Å². The fourth-order valence-electron chi connectivity index (χ4n) is 2.62. The quantitative estimate of drug-likeness (QED) is 0.836. The van der Waals surface area contributed by atoms with Gasteiger partial charge in [0.05, 0.1) is 11.3 Å². The van der Waals surface area contributed by atoms with Crippen molar-refractivity contribution in [2.24, 2.45) is 0 Å². The molecule has 7 heteroatoms. The molecule has 1 amide bonds. The van der Waals surface area contributed by atoms with Crippen molar-refractivity contribution in [2.45, 2.75) is 25.8 Å². The zero-order valence-electron chi connectivity index (χ0n) is 12.5. The van der Waals surface area contributed by atoms with E-state index in [0.717, 1.165) is 25.3 Å². The average molecular weight is 398 g/mol. The number of halogens is 2. The molecule has 122 valence electrons. The summed E-state index contributed by atoms with van der Waals surface area (Å²) in [5.41, 5.74) is 0.962. The second-order valence-electron chi connectivity index (χ2n) is 5.56. The van der Waals surface area contributed by atoms with Gasteiger partial charge in [0.15, 0.2) is 5.13 Å². The molecule has 1 aromatic heterocycles. The molecule has 0 spiro atoms. The van der Waals surface area contributed by atoms with E-state index in [9.17, 15) is 9.18 Å². The van der Waals surface area contributed by atoms with Crippen LogP contribution in [-0.2, 0) is 6.54 Å². The highest BCUT2D eigenvalue weighted by Crippen LogP contribution is 2.21. The number of piperidine rings is 1. The van der Waals surface area contributed by atoms with Crippen LogP contribution in [0.2, 0.25) is 0 Å². The highest BCUT2D eigenvalue weighted by molar-refractivity contribution is 9.10. The Morgan fingerprint density at radius 1 is 1.35 bits per heavy atom. The fraction of sp³-hybridized carbons (Fsp3) is 0.375. The maximum absolute atomic E-state index is 13.8. The lowest BCUT2D eigenvalue weighted by Crippen LogP contribution is -2.29. The van der Waals surface area contributed by atoms with Gasteiger partial charge in [-0.15, -0.1) is 11.3 Å². The topological polar surface area (TPSA) is 45.2 Å². The number of aromatic nitrogens is 1. The predicted molar refractivity (Wildman–Crippen MR) is 93.3 cm³/mol. The minimum atomic E-state index is -0.554. The smallest absolute Gasteiger partial charge is 0.260 e. The van der Waals surface area contributed by atoms with Gasteiger partial charge < -0.3 is 0 Å². The van der Waals surface area contributed by atoms with E-state index in [2.05, 4.69) is 31.1 Å². The summed E-state index contributed by atoms with van der Waals surface area (Å²) in [5.74, 6) is -1.03. The molecule has 1 saturated heterocycles. The number of likely N-dealkylation sites (tertiary alicyclic amines) is 1. The lowest BCUT2D eigenvalue weighted by atomic mass is 10.1. The first-order valence-corrected chi connectivity index (χ1v) is 9.22. The van der Waals surface area contributed by atoms with Crippen LogP contribution in [0.15, 0.2) is 28.1 Å². The van der Waals surface area contributed by atoms with E-state index in [4.69, 9.17) is 0 Å². The first-order valence-electron chi connectivity index (χ1n) is 7.55. The van der Waals surface area contributed by atoms with Gasteiger partial charge in [0, 0.05) is 16.4 Å². The van der Waals surface area contributed by atoms with Crippen molar-refractivity contribution in [1.29, 1.82) is 0 Å². The summed E-state index contributed by atoms with van der Waals surface area (Å²) in [7, 11) is 0. The predicted octanol–water partition coefficient (Wildman–Crippen LogP) is 4.28. The summed E-state index contributed by atoms with van der Waals surface area (Å²) < 4.78 is 14.4. The molecule has 2 aromatic rings. The summed E-state index contributed by atoms with van der Waals surface area (Å²) in [6.45, 7) is 3.01. The van der Waals surface area contributed by atoms with Crippen LogP contribution < -0.4 is 5.32 Å². The number of nitrogens with one attached hydrogen (secondary N) is 1. The molecule has 4 nitrogen and oxygen atoms in total. The molecular weight excluding hydrogens is 381 g/mol. The Balaban J connectivity index is 1.62. The van der Waals surface area contributed by atoms with Crippen molar-refractivity contribution in [3.63, 3.8) is 0 Å². The van der Waals surface area contributed by atoms with Gasteiger partial charge in [-0.1, -0.05) is 22.4 Å². The highest BCUT2D eigenvalue weighted by atomic mass is 79.9. The second-order valence-corrected chi connectivity index (χ2v) is 7.33. The lowest BCUT2D eigenvalue weighted by molar-refractivity contribution is 0.102. The molecular formula is C16H17BrFN3OS. The molecule has 0 saturated carbocycles. The summed E-state index contributed by atoms with van der Waals surface area (Å²) in [6.07, 6.45) is 3.76. The summed E-state index contributed by atoms with van der Waals surface area (Å²) in [4.78, 5) is 18.9. The van der Waals surface area contributed by atoms with Crippen molar-refractivity contribution in [3.05, 3.63) is 45.1 Å². The van der Waals surface area contributed by atoms with E-state index >= 15 is 0 Å². The number of carbonyl (C=O) groups is 1. The van der Waals surface area contributed by atoms with Crippen LogP contribution in [0.5, 0.6) is 0 Å². The zero-order chi connectivity index (χ0) is 16.2. The minimum Gasteiger partial charge on any atom is -0.298 e. The van der Waals surface area contributed by atoms with Crippen LogP contribution in [0.3, 0.4) is 0 Å². The molecule has 0 aliphatic carbocycles. The molecule has 0 bridgehead atoms. The van der Waals surface area contributed by atoms with E-state index in [1.807, 2.05) is 5.38 Å². The van der Waals surface area contributed by atoms with Crippen molar-refractivity contribution < 1.29 is 9.18 Å². The third-order valence-corrected chi connectivity index (χ3v) is 5.08. The number of carbonyl (C=O) groups excluding carboxylic acids is 1. The number of nitrogens with zero attached hydrogens (tertiary/aromatic N) is 2. The minimum absolute atomic E-state index is 0.0148. The molecule has 1 fully saturated rings. The first-order chi connectivity index (χ1) is 11.1. The number of hydrogen-bond donors (Lipinski definition) is 1. The third-order valence-electron chi connectivity index (χ3n) is 3.78.